The van der Waals surface area contributed by atoms with Crippen LogP contribution >= 0.6 is 0 Å². The van der Waals surface area contributed by atoms with E-state index in [1.165, 1.54) is 30.4 Å². The number of phenolic OH excluding ortho intramolecular Hbond substituents is 1. The van der Waals surface area contributed by atoms with Crippen molar-refractivity contribution in [1.82, 2.24) is 5.32 Å². The SMILES string of the molecule is CCCCC(C)NC1CCc2cc(O)ccc21. The van der Waals surface area contributed by atoms with Crippen LogP contribution in [0.25, 0.3) is 0 Å². The van der Waals surface area contributed by atoms with Crippen LogP contribution in [0.2, 0.25) is 0 Å². The van der Waals surface area contributed by atoms with E-state index < -0.39 is 0 Å². The summed E-state index contributed by atoms with van der Waals surface area (Å²) in [5.41, 5.74) is 2.69. The molecule has 94 valence electrons. The zero-order valence-electron chi connectivity index (χ0n) is 10.9. The van der Waals surface area contributed by atoms with E-state index in [0.717, 1.165) is 12.8 Å². The topological polar surface area (TPSA) is 32.3 Å². The molecule has 0 aromatic heterocycles. The molecule has 17 heavy (non-hydrogen) atoms. The van der Waals surface area contributed by atoms with Gasteiger partial charge in [-0.1, -0.05) is 25.8 Å². The number of benzene rings is 1. The number of phenols is 1. The van der Waals surface area contributed by atoms with Crippen molar-refractivity contribution in [3.8, 4) is 5.75 Å². The Bertz CT molecular complexity index is 375. The summed E-state index contributed by atoms with van der Waals surface area (Å²) < 4.78 is 0. The van der Waals surface area contributed by atoms with Crippen LogP contribution in [0.15, 0.2) is 18.2 Å². The summed E-state index contributed by atoms with van der Waals surface area (Å²) in [5.74, 6) is 0.392. The van der Waals surface area contributed by atoms with Gasteiger partial charge in [-0.15, -0.1) is 0 Å². The van der Waals surface area contributed by atoms with E-state index in [1.54, 1.807) is 6.07 Å². The zero-order chi connectivity index (χ0) is 12.3. The third kappa shape index (κ3) is 3.01. The summed E-state index contributed by atoms with van der Waals surface area (Å²) in [4.78, 5) is 0. The van der Waals surface area contributed by atoms with Crippen LogP contribution in [-0.4, -0.2) is 11.1 Å². The molecule has 2 nitrogen and oxygen atoms in total. The predicted octanol–water partition coefficient (Wildman–Crippen LogP) is 3.55. The molecule has 1 aliphatic carbocycles. The summed E-state index contributed by atoms with van der Waals surface area (Å²) in [7, 11) is 0. The molecule has 2 unspecified atom stereocenters. The summed E-state index contributed by atoms with van der Waals surface area (Å²) in [6.07, 6.45) is 6.06. The molecular formula is C15H23NO. The summed E-state index contributed by atoms with van der Waals surface area (Å²) in [6.45, 7) is 4.51. The Balaban J connectivity index is 1.97. The van der Waals surface area contributed by atoms with Crippen LogP contribution in [0.4, 0.5) is 0 Å². The lowest BCUT2D eigenvalue weighted by atomic mass is 10.1. The number of unbranched alkanes of at least 4 members (excludes halogenated alkanes) is 1. The van der Waals surface area contributed by atoms with Gasteiger partial charge in [0.1, 0.15) is 5.75 Å². The highest BCUT2D eigenvalue weighted by Crippen LogP contribution is 2.33. The van der Waals surface area contributed by atoms with Crippen molar-refractivity contribution in [2.45, 2.75) is 58.0 Å². The first-order valence-electron chi connectivity index (χ1n) is 6.78. The second-order valence-corrected chi connectivity index (χ2v) is 5.18. The Labute approximate surface area is 104 Å². The molecule has 2 heteroatoms. The largest absolute Gasteiger partial charge is 0.508 e. The molecule has 0 saturated heterocycles. The van der Waals surface area contributed by atoms with Crippen molar-refractivity contribution in [2.75, 3.05) is 0 Å². The molecule has 0 radical (unpaired) electrons. The monoisotopic (exact) mass is 233 g/mol. The maximum absolute atomic E-state index is 9.46. The maximum Gasteiger partial charge on any atom is 0.115 e. The van der Waals surface area contributed by atoms with Crippen LogP contribution in [-0.2, 0) is 6.42 Å². The highest BCUT2D eigenvalue weighted by molar-refractivity contribution is 5.40. The summed E-state index contributed by atoms with van der Waals surface area (Å²) >= 11 is 0. The predicted molar refractivity (Wildman–Crippen MR) is 71.3 cm³/mol. The van der Waals surface area contributed by atoms with Gasteiger partial charge in [0.15, 0.2) is 0 Å². The molecule has 0 saturated carbocycles. The molecule has 0 bridgehead atoms. The lowest BCUT2D eigenvalue weighted by molar-refractivity contribution is 0.424. The Kier molecular flexibility index (Phi) is 4.06. The molecule has 1 aliphatic rings. The van der Waals surface area contributed by atoms with E-state index in [2.05, 4.69) is 25.2 Å². The highest BCUT2D eigenvalue weighted by atomic mass is 16.3. The van der Waals surface area contributed by atoms with E-state index in [0.29, 0.717) is 17.8 Å². The van der Waals surface area contributed by atoms with Crippen molar-refractivity contribution in [3.63, 3.8) is 0 Å². The first-order valence-corrected chi connectivity index (χ1v) is 6.78. The normalized spacial score (nSPS) is 20.2. The minimum atomic E-state index is 0.392. The van der Waals surface area contributed by atoms with Crippen LogP contribution < -0.4 is 5.32 Å². The molecule has 1 aromatic rings. The van der Waals surface area contributed by atoms with Gasteiger partial charge in [-0.2, -0.15) is 0 Å². The molecule has 0 amide bonds. The highest BCUT2D eigenvalue weighted by Gasteiger charge is 2.23. The van der Waals surface area contributed by atoms with Crippen LogP contribution in [0.1, 0.15) is 56.7 Å². The molecule has 2 atom stereocenters. The van der Waals surface area contributed by atoms with Crippen molar-refractivity contribution in [2.24, 2.45) is 0 Å². The van der Waals surface area contributed by atoms with Crippen molar-refractivity contribution in [3.05, 3.63) is 29.3 Å². The smallest absolute Gasteiger partial charge is 0.115 e. The Hall–Kier alpha value is -1.02. The van der Waals surface area contributed by atoms with Gasteiger partial charge in [0, 0.05) is 12.1 Å². The Morgan fingerprint density at radius 2 is 2.29 bits per heavy atom. The van der Waals surface area contributed by atoms with E-state index >= 15 is 0 Å². The first-order chi connectivity index (χ1) is 8.20. The van der Waals surface area contributed by atoms with Gasteiger partial charge in [0.2, 0.25) is 0 Å². The number of aromatic hydroxyl groups is 1. The maximum atomic E-state index is 9.46. The van der Waals surface area contributed by atoms with E-state index in [1.807, 2.05) is 6.07 Å². The summed E-state index contributed by atoms with van der Waals surface area (Å²) in [5, 5.41) is 13.2. The second kappa shape index (κ2) is 5.54. The Morgan fingerprint density at radius 3 is 3.06 bits per heavy atom. The quantitative estimate of drug-likeness (QED) is 0.815. The third-order valence-electron chi connectivity index (χ3n) is 3.68. The fourth-order valence-electron chi connectivity index (χ4n) is 2.71. The van der Waals surface area contributed by atoms with Crippen molar-refractivity contribution < 1.29 is 5.11 Å². The molecule has 2 N–H and O–H groups in total. The summed E-state index contributed by atoms with van der Waals surface area (Å²) in [6, 6.07) is 6.85. The lowest BCUT2D eigenvalue weighted by Crippen LogP contribution is -2.29. The van der Waals surface area contributed by atoms with Gasteiger partial charge < -0.3 is 10.4 Å². The molecule has 0 spiro atoms. The lowest BCUT2D eigenvalue weighted by Gasteiger charge is -2.20. The average molecular weight is 233 g/mol. The van der Waals surface area contributed by atoms with E-state index in [9.17, 15) is 5.11 Å². The number of nitrogens with one attached hydrogen (secondary N) is 1. The van der Waals surface area contributed by atoms with Crippen molar-refractivity contribution in [1.29, 1.82) is 0 Å². The fourth-order valence-corrected chi connectivity index (χ4v) is 2.71. The minimum Gasteiger partial charge on any atom is -0.508 e. The van der Waals surface area contributed by atoms with Gasteiger partial charge in [-0.3, -0.25) is 0 Å². The molecule has 1 aromatic carbocycles. The number of aryl methyl sites for hydroxylation is 1. The Morgan fingerprint density at radius 1 is 1.47 bits per heavy atom. The van der Waals surface area contributed by atoms with Gasteiger partial charge in [-0.25, -0.2) is 0 Å². The number of hydrogen-bond acceptors (Lipinski definition) is 2. The van der Waals surface area contributed by atoms with Gasteiger partial charge in [0.25, 0.3) is 0 Å². The number of hydrogen-bond donors (Lipinski definition) is 2. The van der Waals surface area contributed by atoms with Gasteiger partial charge in [-0.05, 0) is 49.4 Å². The molecule has 2 rings (SSSR count). The number of fused-ring (bicyclic) bond motifs is 1. The van der Waals surface area contributed by atoms with E-state index in [4.69, 9.17) is 0 Å². The zero-order valence-corrected chi connectivity index (χ0v) is 10.9. The molecular weight excluding hydrogens is 210 g/mol. The van der Waals surface area contributed by atoms with Crippen LogP contribution in [0, 0.1) is 0 Å². The minimum absolute atomic E-state index is 0.392. The second-order valence-electron chi connectivity index (χ2n) is 5.18. The number of rotatable bonds is 5. The first kappa shape index (κ1) is 12.4. The van der Waals surface area contributed by atoms with Gasteiger partial charge >= 0.3 is 0 Å². The van der Waals surface area contributed by atoms with Gasteiger partial charge in [0.05, 0.1) is 0 Å². The standard InChI is InChI=1S/C15H23NO/c1-3-4-5-11(2)16-15-9-6-12-10-13(17)7-8-14(12)15/h7-8,10-11,15-17H,3-6,9H2,1-2H3. The van der Waals surface area contributed by atoms with Crippen LogP contribution in [0.3, 0.4) is 0 Å². The molecule has 0 aliphatic heterocycles. The van der Waals surface area contributed by atoms with Crippen LogP contribution in [0.5, 0.6) is 5.75 Å². The fraction of sp³-hybridized carbons (Fsp3) is 0.600. The average Bonchev–Trinajstić information content (AvgIpc) is 2.69. The molecule has 0 heterocycles. The van der Waals surface area contributed by atoms with E-state index in [-0.39, 0.29) is 0 Å². The van der Waals surface area contributed by atoms with Crippen molar-refractivity contribution >= 4 is 0 Å². The third-order valence-corrected chi connectivity index (χ3v) is 3.68. The molecule has 0 fully saturated rings.